The first kappa shape index (κ1) is 15.3. The van der Waals surface area contributed by atoms with Gasteiger partial charge in [-0.2, -0.15) is 4.98 Å². The first-order valence-corrected chi connectivity index (χ1v) is 7.98. The summed E-state index contributed by atoms with van der Waals surface area (Å²) < 4.78 is 12.6. The Bertz CT molecular complexity index is 955. The van der Waals surface area contributed by atoms with E-state index in [4.69, 9.17) is 8.94 Å². The highest BCUT2D eigenvalue weighted by Gasteiger charge is 2.19. The zero-order chi connectivity index (χ0) is 17.2. The smallest absolute Gasteiger partial charge is 0.249 e. The molecule has 0 aromatic carbocycles. The predicted molar refractivity (Wildman–Crippen MR) is 88.4 cm³/mol. The largest absolute Gasteiger partial charge is 0.461 e. The zero-order valence-corrected chi connectivity index (χ0v) is 13.8. The molecule has 8 heteroatoms. The Hall–Kier alpha value is -3.29. The first-order chi connectivity index (χ1) is 12.3. The SMILES string of the molecule is CCc1noc([C@H](C)n2ccnc2-c2cnc(-c3ccco3)nc2)n1. The molecule has 4 aromatic rings. The summed E-state index contributed by atoms with van der Waals surface area (Å²) in [6.07, 6.45) is 9.37. The molecular weight excluding hydrogens is 320 g/mol. The lowest BCUT2D eigenvalue weighted by molar-refractivity contribution is 0.343. The van der Waals surface area contributed by atoms with Gasteiger partial charge in [-0.15, -0.1) is 0 Å². The number of rotatable bonds is 5. The fourth-order valence-electron chi connectivity index (χ4n) is 2.53. The van der Waals surface area contributed by atoms with Crippen LogP contribution in [-0.4, -0.2) is 29.7 Å². The van der Waals surface area contributed by atoms with E-state index in [9.17, 15) is 0 Å². The molecule has 0 aliphatic heterocycles. The van der Waals surface area contributed by atoms with Crippen LogP contribution in [0.1, 0.15) is 31.6 Å². The van der Waals surface area contributed by atoms with Crippen molar-refractivity contribution in [1.82, 2.24) is 29.7 Å². The molecule has 0 spiro atoms. The third-order valence-corrected chi connectivity index (χ3v) is 3.89. The lowest BCUT2D eigenvalue weighted by Crippen LogP contribution is -2.08. The third kappa shape index (κ3) is 2.82. The number of aryl methyl sites for hydroxylation is 1. The van der Waals surface area contributed by atoms with Crippen molar-refractivity contribution in [2.24, 2.45) is 0 Å². The van der Waals surface area contributed by atoms with Gasteiger partial charge in [-0.05, 0) is 19.1 Å². The van der Waals surface area contributed by atoms with Gasteiger partial charge in [-0.1, -0.05) is 12.1 Å². The Morgan fingerprint density at radius 1 is 1.20 bits per heavy atom. The van der Waals surface area contributed by atoms with Crippen molar-refractivity contribution in [2.75, 3.05) is 0 Å². The van der Waals surface area contributed by atoms with Crippen molar-refractivity contribution in [3.05, 3.63) is 54.9 Å². The summed E-state index contributed by atoms with van der Waals surface area (Å²) in [4.78, 5) is 17.5. The first-order valence-electron chi connectivity index (χ1n) is 7.98. The van der Waals surface area contributed by atoms with Gasteiger partial charge in [0.15, 0.2) is 17.4 Å². The minimum atomic E-state index is -0.143. The minimum Gasteiger partial charge on any atom is -0.461 e. The molecule has 0 N–H and O–H groups in total. The van der Waals surface area contributed by atoms with Gasteiger partial charge in [0.2, 0.25) is 5.89 Å². The van der Waals surface area contributed by atoms with Gasteiger partial charge in [0, 0.05) is 31.2 Å². The van der Waals surface area contributed by atoms with Gasteiger partial charge in [-0.3, -0.25) is 0 Å². The maximum absolute atomic E-state index is 5.35. The molecule has 0 saturated carbocycles. The molecule has 1 atom stereocenters. The van der Waals surface area contributed by atoms with Gasteiger partial charge in [0.1, 0.15) is 11.9 Å². The summed E-state index contributed by atoms with van der Waals surface area (Å²) in [6, 6.07) is 3.48. The summed E-state index contributed by atoms with van der Waals surface area (Å²) in [5, 5.41) is 3.95. The van der Waals surface area contributed by atoms with E-state index in [1.807, 2.05) is 30.7 Å². The maximum atomic E-state index is 5.35. The van der Waals surface area contributed by atoms with Crippen molar-refractivity contribution in [3.63, 3.8) is 0 Å². The van der Waals surface area contributed by atoms with Crippen molar-refractivity contribution in [2.45, 2.75) is 26.3 Å². The van der Waals surface area contributed by atoms with Crippen LogP contribution in [0.5, 0.6) is 0 Å². The number of imidazole rings is 1. The third-order valence-electron chi connectivity index (χ3n) is 3.89. The average Bonchev–Trinajstić information content (AvgIpc) is 3.42. The monoisotopic (exact) mass is 336 g/mol. The van der Waals surface area contributed by atoms with Crippen LogP contribution < -0.4 is 0 Å². The van der Waals surface area contributed by atoms with Gasteiger partial charge in [0.05, 0.1) is 11.8 Å². The molecule has 0 aliphatic carbocycles. The topological polar surface area (TPSA) is 95.7 Å². The zero-order valence-electron chi connectivity index (χ0n) is 13.8. The quantitative estimate of drug-likeness (QED) is 0.552. The number of furan rings is 1. The molecule has 0 saturated heterocycles. The molecule has 4 heterocycles. The summed E-state index contributed by atoms with van der Waals surface area (Å²) in [5.74, 6) is 3.12. The van der Waals surface area contributed by atoms with E-state index < -0.39 is 0 Å². The van der Waals surface area contributed by atoms with Gasteiger partial charge >= 0.3 is 0 Å². The number of hydrogen-bond acceptors (Lipinski definition) is 7. The van der Waals surface area contributed by atoms with E-state index in [0.717, 1.165) is 17.8 Å². The summed E-state index contributed by atoms with van der Waals surface area (Å²) in [7, 11) is 0. The number of nitrogens with zero attached hydrogens (tertiary/aromatic N) is 6. The Morgan fingerprint density at radius 2 is 2.04 bits per heavy atom. The molecule has 0 unspecified atom stereocenters. The molecule has 8 nitrogen and oxygen atoms in total. The Labute approximate surface area is 143 Å². The van der Waals surface area contributed by atoms with E-state index >= 15 is 0 Å². The van der Waals surface area contributed by atoms with Crippen LogP contribution in [0, 0.1) is 0 Å². The molecule has 0 radical (unpaired) electrons. The minimum absolute atomic E-state index is 0.143. The Morgan fingerprint density at radius 3 is 2.72 bits per heavy atom. The Balaban J connectivity index is 1.65. The highest BCUT2D eigenvalue weighted by Crippen LogP contribution is 2.25. The number of aromatic nitrogens is 6. The molecular formula is C17H16N6O2. The van der Waals surface area contributed by atoms with Crippen LogP contribution in [0.3, 0.4) is 0 Å². The molecule has 0 amide bonds. The van der Waals surface area contributed by atoms with Crippen LogP contribution in [0.4, 0.5) is 0 Å². The molecule has 25 heavy (non-hydrogen) atoms. The van der Waals surface area contributed by atoms with Gasteiger partial charge in [-0.25, -0.2) is 15.0 Å². The molecule has 0 aliphatic rings. The van der Waals surface area contributed by atoms with E-state index in [1.54, 1.807) is 30.9 Å². The highest BCUT2D eigenvalue weighted by molar-refractivity contribution is 5.56. The molecule has 0 bridgehead atoms. The van der Waals surface area contributed by atoms with Crippen LogP contribution in [0.25, 0.3) is 23.0 Å². The molecule has 0 fully saturated rings. The Kier molecular flexibility index (Phi) is 3.85. The van der Waals surface area contributed by atoms with E-state index in [0.29, 0.717) is 23.3 Å². The molecule has 126 valence electrons. The molecule has 4 aromatic heterocycles. The van der Waals surface area contributed by atoms with Crippen molar-refractivity contribution in [3.8, 4) is 23.0 Å². The fraction of sp³-hybridized carbons (Fsp3) is 0.235. The highest BCUT2D eigenvalue weighted by atomic mass is 16.5. The van der Waals surface area contributed by atoms with Crippen LogP contribution in [-0.2, 0) is 6.42 Å². The normalized spacial score (nSPS) is 12.4. The van der Waals surface area contributed by atoms with Crippen molar-refractivity contribution in [1.29, 1.82) is 0 Å². The van der Waals surface area contributed by atoms with E-state index in [2.05, 4.69) is 25.1 Å². The second-order valence-electron chi connectivity index (χ2n) is 5.51. The lowest BCUT2D eigenvalue weighted by atomic mass is 10.2. The van der Waals surface area contributed by atoms with Crippen molar-refractivity contribution >= 4 is 0 Å². The maximum Gasteiger partial charge on any atom is 0.249 e. The van der Waals surface area contributed by atoms with Crippen molar-refractivity contribution < 1.29 is 8.94 Å². The fourth-order valence-corrected chi connectivity index (χ4v) is 2.53. The lowest BCUT2D eigenvalue weighted by Gasteiger charge is -2.12. The van der Waals surface area contributed by atoms with E-state index in [1.165, 1.54) is 0 Å². The summed E-state index contributed by atoms with van der Waals surface area (Å²) in [5.41, 5.74) is 0.794. The summed E-state index contributed by atoms with van der Waals surface area (Å²) in [6.45, 7) is 3.97. The average molecular weight is 336 g/mol. The van der Waals surface area contributed by atoms with Gasteiger partial charge < -0.3 is 13.5 Å². The van der Waals surface area contributed by atoms with Crippen LogP contribution in [0.15, 0.2) is 52.1 Å². The second-order valence-corrected chi connectivity index (χ2v) is 5.51. The van der Waals surface area contributed by atoms with Gasteiger partial charge in [0.25, 0.3) is 0 Å². The standard InChI is InChI=1S/C17H16N6O2/c1-3-14-21-17(25-22-14)11(2)23-7-6-18-16(23)12-9-19-15(20-10-12)13-5-4-8-24-13/h4-11H,3H2,1-2H3/t11-/m0/s1. The number of hydrogen-bond donors (Lipinski definition) is 0. The second kappa shape index (κ2) is 6.31. The predicted octanol–water partition coefficient (Wildman–Crippen LogP) is 3.15. The molecule has 4 rings (SSSR count). The van der Waals surface area contributed by atoms with E-state index in [-0.39, 0.29) is 6.04 Å². The summed E-state index contributed by atoms with van der Waals surface area (Å²) >= 11 is 0. The van der Waals surface area contributed by atoms with Crippen LogP contribution in [0.2, 0.25) is 0 Å². The van der Waals surface area contributed by atoms with Crippen LogP contribution >= 0.6 is 0 Å².